The van der Waals surface area contributed by atoms with Gasteiger partial charge in [0.15, 0.2) is 5.82 Å². The molecular weight excluding hydrogens is 964 g/mol. The van der Waals surface area contributed by atoms with E-state index in [1.165, 1.54) is 0 Å². The third kappa shape index (κ3) is 13.5. The SMILES string of the molecule is CN(C)CCCC[C@H](NC(=O)C1(C(=O)[O-])CCC1)C(=O)Nc1ccc(COc2ccccc2-c2cc(N3CC4CCC(C3)N4c3ccnc(O[C@H]4C[C@H](OC5CCN(C(=O)OC(C)(C)C)CC5)C4)c3)c(N)nn2)cc1.[Li+]. The molecule has 0 radical (unpaired) electrons. The van der Waals surface area contributed by atoms with Gasteiger partial charge in [0.05, 0.1) is 35.0 Å². The van der Waals surface area contributed by atoms with Crippen molar-refractivity contribution >= 4 is 46.8 Å². The molecule has 5 heterocycles. The van der Waals surface area contributed by atoms with E-state index < -0.39 is 34.8 Å². The van der Waals surface area contributed by atoms with Gasteiger partial charge in [-0.1, -0.05) is 30.7 Å². The van der Waals surface area contributed by atoms with Crippen molar-refractivity contribution in [1.29, 1.82) is 0 Å². The van der Waals surface area contributed by atoms with Crippen LogP contribution in [0.5, 0.6) is 11.6 Å². The standard InChI is InChI=1S/C56H74N10O9.Li/c1-55(2,3)75-54(71)64-27-21-41(22-28-64)73-42-30-43(31-42)74-49-29-38(20-25-58-49)66-39-18-19-40(66)34-65(33-39)47-32-46(61-62-50(47)57)44-11-6-7-13-48(44)72-35-36-14-16-37(17-15-36)59-51(67)45(12-8-9-26-63(4)5)60-52(68)56(53(69)70)23-10-24-56;/h6-7,11,13-17,20,25,29,32,39-43,45H,8-10,12,18-19,21-24,26-28,30-31,33-35H2,1-5H3,(H2,57,62)(H,59,67)(H,60,68)(H,69,70);/q;+1/p-1/t39?,40?,42-,43-,45-;/m0./s1. The summed E-state index contributed by atoms with van der Waals surface area (Å²) in [6.45, 7) is 9.49. The van der Waals surface area contributed by atoms with Crippen molar-refractivity contribution in [2.45, 2.75) is 146 Å². The van der Waals surface area contributed by atoms with Gasteiger partial charge in [0.1, 0.15) is 30.1 Å². The minimum absolute atomic E-state index is 0. The Hall–Kier alpha value is -6.13. The van der Waals surface area contributed by atoms with Crippen LogP contribution < -0.4 is 59.6 Å². The largest absolute Gasteiger partial charge is 1.00 e. The molecule has 3 aliphatic heterocycles. The first-order chi connectivity index (χ1) is 36.0. The zero-order chi connectivity index (χ0) is 52.9. The molecule has 5 aliphatic rings. The van der Waals surface area contributed by atoms with Crippen LogP contribution in [-0.2, 0) is 30.5 Å². The molecule has 3 saturated heterocycles. The number of aromatic nitrogens is 3. The second kappa shape index (κ2) is 24.5. The molecule has 2 saturated carbocycles. The summed E-state index contributed by atoms with van der Waals surface area (Å²) in [6.07, 6.45) is 10.0. The number of carboxylic acid groups (broad SMARTS) is 1. The van der Waals surface area contributed by atoms with E-state index in [1.807, 2.05) is 88.4 Å². The number of para-hydroxylation sites is 1. The number of piperidine rings is 1. The molecule has 2 aliphatic carbocycles. The number of hydrogen-bond acceptors (Lipinski definition) is 16. The molecule has 9 rings (SSSR count). The Labute approximate surface area is 458 Å². The summed E-state index contributed by atoms with van der Waals surface area (Å²) in [4.78, 5) is 64.4. The van der Waals surface area contributed by atoms with E-state index in [0.29, 0.717) is 61.2 Å². The molecule has 4 aromatic rings. The van der Waals surface area contributed by atoms with Crippen LogP contribution in [0.2, 0.25) is 0 Å². The quantitative estimate of drug-likeness (QED) is 0.0657. The van der Waals surface area contributed by atoms with Gasteiger partial charge in [-0.3, -0.25) is 9.59 Å². The number of nitrogens with two attached hydrogens (primary N) is 1. The van der Waals surface area contributed by atoms with Crippen molar-refractivity contribution in [1.82, 2.24) is 30.3 Å². The number of nitrogens with zero attached hydrogens (tertiary/aromatic N) is 7. The molecule has 3 amide bonds. The molecule has 20 heteroatoms. The maximum Gasteiger partial charge on any atom is 1.00 e. The number of benzene rings is 2. The Kier molecular flexibility index (Phi) is 18.1. The van der Waals surface area contributed by atoms with Gasteiger partial charge in [-0.2, -0.15) is 0 Å². The van der Waals surface area contributed by atoms with Crippen molar-refractivity contribution in [3.63, 3.8) is 0 Å². The molecule has 2 bridgehead atoms. The number of carboxylic acids is 1. The summed E-state index contributed by atoms with van der Waals surface area (Å²) >= 11 is 0. The topological polar surface area (TPSA) is 230 Å². The van der Waals surface area contributed by atoms with E-state index in [2.05, 4.69) is 47.7 Å². The summed E-state index contributed by atoms with van der Waals surface area (Å²) < 4.78 is 24.7. The van der Waals surface area contributed by atoms with E-state index in [-0.39, 0.29) is 74.8 Å². The number of piperazine rings is 1. The summed E-state index contributed by atoms with van der Waals surface area (Å²) in [5, 5.41) is 26.5. The molecule has 76 heavy (non-hydrogen) atoms. The van der Waals surface area contributed by atoms with Crippen molar-refractivity contribution in [3.8, 4) is 22.9 Å². The van der Waals surface area contributed by atoms with Crippen LogP contribution in [0.3, 0.4) is 0 Å². The maximum absolute atomic E-state index is 13.6. The third-order valence-electron chi connectivity index (χ3n) is 15.2. The van der Waals surface area contributed by atoms with Crippen molar-refractivity contribution in [2.24, 2.45) is 5.41 Å². The van der Waals surface area contributed by atoms with Crippen LogP contribution in [0.4, 0.5) is 27.7 Å². The number of likely N-dealkylation sites (tertiary alicyclic amines) is 1. The normalized spacial score (nSPS) is 21.4. The summed E-state index contributed by atoms with van der Waals surface area (Å²) in [5.74, 6) is -0.872. The molecule has 4 N–H and O–H groups in total. The molecular formula is C56H73LiN10O9. The molecule has 402 valence electrons. The first kappa shape index (κ1) is 56.1. The van der Waals surface area contributed by atoms with Gasteiger partial charge in [0.2, 0.25) is 17.7 Å². The minimum atomic E-state index is -1.58. The van der Waals surface area contributed by atoms with E-state index in [9.17, 15) is 24.3 Å². The first-order valence-electron chi connectivity index (χ1n) is 26.7. The van der Waals surface area contributed by atoms with Gasteiger partial charge in [0.25, 0.3) is 0 Å². The smallest absolute Gasteiger partial charge is 0.549 e. The molecule has 2 aromatic carbocycles. The van der Waals surface area contributed by atoms with E-state index in [0.717, 1.165) is 87.1 Å². The fourth-order valence-corrected chi connectivity index (χ4v) is 10.9. The molecule has 2 aromatic heterocycles. The number of pyridine rings is 1. The number of anilines is 4. The summed E-state index contributed by atoms with van der Waals surface area (Å²) in [5.41, 5.74) is 9.21. The Bertz CT molecular complexity index is 2640. The van der Waals surface area contributed by atoms with Gasteiger partial charge < -0.3 is 64.8 Å². The summed E-state index contributed by atoms with van der Waals surface area (Å²) in [6, 6.07) is 20.7. The Morgan fingerprint density at radius 1 is 0.895 bits per heavy atom. The average Bonchev–Trinajstić information content (AvgIpc) is 3.62. The molecule has 19 nitrogen and oxygen atoms in total. The van der Waals surface area contributed by atoms with Crippen molar-refractivity contribution in [2.75, 3.05) is 67.7 Å². The first-order valence-corrected chi connectivity index (χ1v) is 26.7. The maximum atomic E-state index is 13.6. The average molecular weight is 1040 g/mol. The zero-order valence-electron chi connectivity index (χ0n) is 45.0. The number of ether oxygens (including phenoxy) is 4. The van der Waals surface area contributed by atoms with E-state index in [4.69, 9.17) is 24.7 Å². The van der Waals surface area contributed by atoms with Gasteiger partial charge in [0, 0.05) is 80.3 Å². The van der Waals surface area contributed by atoms with Gasteiger partial charge >= 0.3 is 25.0 Å². The number of nitrogens with one attached hydrogen (secondary N) is 2. The fraction of sp³-hybridized carbons (Fsp3) is 0.554. The number of fused-ring (bicyclic) bond motifs is 2. The predicted molar refractivity (Wildman–Crippen MR) is 282 cm³/mol. The summed E-state index contributed by atoms with van der Waals surface area (Å²) in [7, 11) is 3.94. The molecule has 0 spiro atoms. The van der Waals surface area contributed by atoms with Crippen molar-refractivity contribution in [3.05, 3.63) is 78.5 Å². The third-order valence-corrected chi connectivity index (χ3v) is 15.2. The van der Waals surface area contributed by atoms with Crippen molar-refractivity contribution < 1.29 is 62.1 Å². The van der Waals surface area contributed by atoms with Crippen LogP contribution in [0.15, 0.2) is 72.9 Å². The number of carbonyl (C=O) groups is 4. The van der Waals surface area contributed by atoms with Crippen LogP contribution in [0.25, 0.3) is 11.3 Å². The predicted octanol–water partition coefficient (Wildman–Crippen LogP) is 2.96. The minimum Gasteiger partial charge on any atom is -0.549 e. The number of nitrogen functional groups attached to an aromatic ring is 1. The zero-order valence-corrected chi connectivity index (χ0v) is 45.0. The number of carbonyl (C=O) groups excluding carboxylic acids is 4. The van der Waals surface area contributed by atoms with Gasteiger partial charge in [-0.15, -0.1) is 10.2 Å². The monoisotopic (exact) mass is 1040 g/mol. The van der Waals surface area contributed by atoms with E-state index >= 15 is 0 Å². The number of amides is 3. The van der Waals surface area contributed by atoms with Gasteiger partial charge in [-0.25, -0.2) is 9.78 Å². The Morgan fingerprint density at radius 2 is 1.61 bits per heavy atom. The molecule has 2 unspecified atom stereocenters. The van der Waals surface area contributed by atoms with Gasteiger partial charge in [-0.05, 0) is 141 Å². The molecule has 5 fully saturated rings. The van der Waals surface area contributed by atoms with Crippen LogP contribution in [0.1, 0.15) is 103 Å². The Morgan fingerprint density at radius 3 is 2.26 bits per heavy atom. The second-order valence-electron chi connectivity index (χ2n) is 22.2. The second-order valence-corrected chi connectivity index (χ2v) is 22.2. The Balaban J connectivity index is 0.00000765. The molecule has 3 atom stereocenters. The fourth-order valence-electron chi connectivity index (χ4n) is 10.9. The number of unbranched alkanes of at least 4 members (excludes halogenated alkanes) is 1. The van der Waals surface area contributed by atoms with Crippen LogP contribution in [-0.4, -0.2) is 138 Å². The van der Waals surface area contributed by atoms with Crippen LogP contribution >= 0.6 is 0 Å². The number of rotatable bonds is 20. The number of aliphatic carboxylic acids is 1. The van der Waals surface area contributed by atoms with Crippen LogP contribution in [0, 0.1) is 5.41 Å². The van der Waals surface area contributed by atoms with E-state index in [1.54, 1.807) is 17.0 Å². The number of hydrogen-bond donors (Lipinski definition) is 3.